The number of benzene rings is 6. The Bertz CT molecular complexity index is 1920. The van der Waals surface area contributed by atoms with E-state index in [0.29, 0.717) is 37.2 Å². The average molecular weight is 647 g/mol. The predicted molar refractivity (Wildman–Crippen MR) is 196 cm³/mol. The van der Waals surface area contributed by atoms with Crippen LogP contribution in [0.5, 0.6) is 11.5 Å². The molecule has 4 heteroatoms. The van der Waals surface area contributed by atoms with E-state index in [9.17, 15) is 10.2 Å². The lowest BCUT2D eigenvalue weighted by Gasteiger charge is -2.37. The van der Waals surface area contributed by atoms with Crippen LogP contribution in [0.2, 0.25) is 0 Å². The lowest BCUT2D eigenvalue weighted by atomic mass is 9.64. The smallest absolute Gasteiger partial charge is 0.197 e. The van der Waals surface area contributed by atoms with Crippen LogP contribution in [0.25, 0.3) is 11.1 Å². The average Bonchev–Trinajstić information content (AvgIpc) is 3.44. The summed E-state index contributed by atoms with van der Waals surface area (Å²) < 4.78 is 12.0. The maximum atomic E-state index is 10.4. The Hall–Kier alpha value is -5.16. The number of fused-ring (bicyclic) bond motifs is 3. The van der Waals surface area contributed by atoms with Gasteiger partial charge in [0.2, 0.25) is 0 Å². The molecule has 0 radical (unpaired) electrons. The van der Waals surface area contributed by atoms with Gasteiger partial charge in [-0.1, -0.05) is 147 Å². The van der Waals surface area contributed by atoms with Crippen molar-refractivity contribution in [2.24, 2.45) is 0 Å². The molecular formula is C45H42O4. The Morgan fingerprint density at radius 3 is 1.16 bits per heavy atom. The number of para-hydroxylation sites is 2. The van der Waals surface area contributed by atoms with E-state index in [1.807, 2.05) is 50.2 Å². The highest BCUT2D eigenvalue weighted by atomic mass is 16.6. The minimum atomic E-state index is -0.867. The second-order valence-corrected chi connectivity index (χ2v) is 12.7. The highest BCUT2D eigenvalue weighted by molar-refractivity contribution is 5.87. The van der Waals surface area contributed by atoms with Gasteiger partial charge < -0.3 is 19.7 Å². The summed E-state index contributed by atoms with van der Waals surface area (Å²) in [4.78, 5) is 0. The van der Waals surface area contributed by atoms with Crippen molar-refractivity contribution in [3.63, 3.8) is 0 Å². The second kappa shape index (κ2) is 14.1. The van der Waals surface area contributed by atoms with Crippen LogP contribution in [-0.4, -0.2) is 22.8 Å². The fourth-order valence-corrected chi connectivity index (χ4v) is 7.44. The Morgan fingerprint density at radius 1 is 0.429 bits per heavy atom. The van der Waals surface area contributed by atoms with Gasteiger partial charge in [0.15, 0.2) is 12.6 Å². The van der Waals surface area contributed by atoms with Crippen molar-refractivity contribution in [3.8, 4) is 22.6 Å². The van der Waals surface area contributed by atoms with Gasteiger partial charge in [-0.2, -0.15) is 0 Å². The van der Waals surface area contributed by atoms with Gasteiger partial charge in [0.25, 0.3) is 0 Å². The molecule has 2 N–H and O–H groups in total. The van der Waals surface area contributed by atoms with Crippen LogP contribution in [0, 0.1) is 0 Å². The van der Waals surface area contributed by atoms with Crippen LogP contribution < -0.4 is 9.47 Å². The van der Waals surface area contributed by atoms with Crippen molar-refractivity contribution < 1.29 is 19.7 Å². The van der Waals surface area contributed by atoms with Gasteiger partial charge in [-0.3, -0.25) is 0 Å². The maximum Gasteiger partial charge on any atom is 0.197 e. The molecule has 246 valence electrons. The van der Waals surface area contributed by atoms with Gasteiger partial charge in [-0.15, -0.1) is 0 Å². The number of ether oxygens (including phenoxy) is 2. The van der Waals surface area contributed by atoms with Crippen LogP contribution in [0.3, 0.4) is 0 Å². The largest absolute Gasteiger partial charge is 0.465 e. The molecule has 49 heavy (non-hydrogen) atoms. The van der Waals surface area contributed by atoms with Gasteiger partial charge in [0, 0.05) is 25.7 Å². The lowest BCUT2D eigenvalue weighted by molar-refractivity contribution is -0.0201. The zero-order valence-corrected chi connectivity index (χ0v) is 28.1. The van der Waals surface area contributed by atoms with E-state index in [2.05, 4.69) is 109 Å². The van der Waals surface area contributed by atoms with Crippen molar-refractivity contribution in [3.05, 3.63) is 190 Å². The first-order valence-electron chi connectivity index (χ1n) is 17.3. The number of hydrogen-bond acceptors (Lipinski definition) is 4. The molecule has 2 unspecified atom stereocenters. The number of aliphatic hydroxyl groups is 2. The van der Waals surface area contributed by atoms with E-state index in [-0.39, 0.29) is 0 Å². The van der Waals surface area contributed by atoms with Gasteiger partial charge in [0.05, 0.1) is 5.41 Å². The molecule has 7 rings (SSSR count). The predicted octanol–water partition coefficient (Wildman–Crippen LogP) is 9.45. The Kier molecular flexibility index (Phi) is 9.34. The summed E-state index contributed by atoms with van der Waals surface area (Å²) in [7, 11) is 0. The van der Waals surface area contributed by atoms with Crippen molar-refractivity contribution in [1.29, 1.82) is 0 Å². The second-order valence-electron chi connectivity index (χ2n) is 12.7. The molecule has 1 aliphatic rings. The fraction of sp³-hybridized carbons (Fsp3) is 0.200. The van der Waals surface area contributed by atoms with Crippen LogP contribution in [0.1, 0.15) is 71.2 Å². The topological polar surface area (TPSA) is 58.9 Å². The summed E-state index contributed by atoms with van der Waals surface area (Å²) in [6, 6.07) is 51.2. The first-order valence-corrected chi connectivity index (χ1v) is 17.3. The van der Waals surface area contributed by atoms with Gasteiger partial charge in [-0.25, -0.2) is 0 Å². The van der Waals surface area contributed by atoms with Crippen molar-refractivity contribution in [1.82, 2.24) is 0 Å². The molecule has 4 nitrogen and oxygen atoms in total. The zero-order valence-electron chi connectivity index (χ0n) is 28.1. The van der Waals surface area contributed by atoms with E-state index in [1.54, 1.807) is 0 Å². The van der Waals surface area contributed by atoms with Crippen molar-refractivity contribution in [2.45, 2.75) is 57.5 Å². The van der Waals surface area contributed by atoms with Gasteiger partial charge in [0.1, 0.15) is 11.5 Å². The highest BCUT2D eigenvalue weighted by Gasteiger charge is 2.47. The van der Waals surface area contributed by atoms with Crippen molar-refractivity contribution >= 4 is 0 Å². The number of aliphatic hydroxyl groups excluding tert-OH is 2. The molecule has 0 fully saturated rings. The van der Waals surface area contributed by atoms with E-state index in [4.69, 9.17) is 9.47 Å². The molecule has 0 heterocycles. The lowest BCUT2D eigenvalue weighted by Crippen LogP contribution is -2.31. The summed E-state index contributed by atoms with van der Waals surface area (Å²) in [6.45, 7) is 3.82. The molecule has 1 aliphatic carbocycles. The van der Waals surface area contributed by atoms with Crippen LogP contribution >= 0.6 is 0 Å². The third kappa shape index (κ3) is 6.03. The summed E-state index contributed by atoms with van der Waals surface area (Å²) in [6.07, 6.45) is 0.529. The molecule has 0 saturated carbocycles. The first-order chi connectivity index (χ1) is 24.0. The standard InChI is InChI=1S/C45H42O4/c1-3-43(46)48-41-27-15-7-19-33(41)29-31-17-5-11-23-37(31)45(39-25-13-9-21-35(39)36-22-10-14-26-40(36)45)38-24-12-6-18-32(38)30-34-20-8-16-28-42(34)49-44(47)4-2/h5-28,43-44,46-47H,3-4,29-30H2,1-2H3. The molecule has 0 bridgehead atoms. The summed E-state index contributed by atoms with van der Waals surface area (Å²) >= 11 is 0. The molecule has 2 atom stereocenters. The zero-order chi connectivity index (χ0) is 33.8. The van der Waals surface area contributed by atoms with Crippen LogP contribution in [-0.2, 0) is 18.3 Å². The number of hydrogen-bond donors (Lipinski definition) is 2. The monoisotopic (exact) mass is 646 g/mol. The molecule has 0 saturated heterocycles. The minimum absolute atomic E-state index is 0.504. The van der Waals surface area contributed by atoms with Crippen molar-refractivity contribution in [2.75, 3.05) is 0 Å². The van der Waals surface area contributed by atoms with Gasteiger partial charge in [-0.05, 0) is 67.8 Å². The van der Waals surface area contributed by atoms with Crippen LogP contribution in [0.4, 0.5) is 0 Å². The molecule has 0 aromatic heterocycles. The minimum Gasteiger partial charge on any atom is -0.465 e. The fourth-order valence-electron chi connectivity index (χ4n) is 7.44. The van der Waals surface area contributed by atoms with E-state index >= 15 is 0 Å². The normalized spacial score (nSPS) is 14.0. The van der Waals surface area contributed by atoms with Gasteiger partial charge >= 0.3 is 0 Å². The first kappa shape index (κ1) is 32.4. The van der Waals surface area contributed by atoms with E-state index < -0.39 is 18.0 Å². The van der Waals surface area contributed by atoms with E-state index in [1.165, 1.54) is 44.5 Å². The Balaban J connectivity index is 1.46. The maximum absolute atomic E-state index is 10.4. The molecule has 0 aliphatic heterocycles. The summed E-state index contributed by atoms with van der Waals surface area (Å²) in [5.74, 6) is 1.39. The Labute approximate surface area is 289 Å². The SMILES string of the molecule is CCC(O)Oc1ccccc1Cc1ccccc1C1(c2ccccc2Cc2ccccc2OC(O)CC)c2ccccc2-c2ccccc21. The van der Waals surface area contributed by atoms with E-state index in [0.717, 1.165) is 11.1 Å². The molecular weight excluding hydrogens is 604 g/mol. The summed E-state index contributed by atoms with van der Waals surface area (Å²) in [5.41, 5.74) is 11.1. The molecule has 0 amide bonds. The van der Waals surface area contributed by atoms with Crippen LogP contribution in [0.15, 0.2) is 146 Å². The molecule has 0 spiro atoms. The third-order valence-corrected chi connectivity index (χ3v) is 9.73. The molecule has 6 aromatic rings. The Morgan fingerprint density at radius 2 is 0.755 bits per heavy atom. The third-order valence-electron chi connectivity index (χ3n) is 9.73. The number of rotatable bonds is 12. The molecule has 6 aromatic carbocycles. The summed E-state index contributed by atoms with van der Waals surface area (Å²) in [5, 5.41) is 20.9. The highest BCUT2D eigenvalue weighted by Crippen LogP contribution is 2.57. The quantitative estimate of drug-likeness (QED) is 0.130.